The first-order valence-corrected chi connectivity index (χ1v) is 10.5. The third-order valence-corrected chi connectivity index (χ3v) is 5.22. The summed E-state index contributed by atoms with van der Waals surface area (Å²) in [6.07, 6.45) is 1.11. The summed E-state index contributed by atoms with van der Waals surface area (Å²) < 4.78 is 34.6. The molecule has 28 heavy (non-hydrogen) atoms. The van der Waals surface area contributed by atoms with E-state index in [-0.39, 0.29) is 17.3 Å². The van der Waals surface area contributed by atoms with E-state index in [2.05, 4.69) is 5.32 Å². The number of ether oxygens (including phenoxy) is 1. The van der Waals surface area contributed by atoms with Crippen molar-refractivity contribution in [3.05, 3.63) is 77.2 Å². The highest BCUT2D eigenvalue weighted by molar-refractivity contribution is 7.90. The average Bonchev–Trinajstić information content (AvgIpc) is 3.10. The van der Waals surface area contributed by atoms with Gasteiger partial charge in [0.25, 0.3) is 5.91 Å². The zero-order valence-electron chi connectivity index (χ0n) is 15.9. The molecule has 0 radical (unpaired) electrons. The molecule has 0 spiro atoms. The zero-order valence-corrected chi connectivity index (χ0v) is 16.7. The smallest absolute Gasteiger partial charge is 0.291 e. The van der Waals surface area contributed by atoms with E-state index in [9.17, 15) is 13.2 Å². The number of rotatable bonds is 6. The molecule has 7 heteroatoms. The summed E-state index contributed by atoms with van der Waals surface area (Å²) in [5.41, 5.74) is 2.55. The van der Waals surface area contributed by atoms with Gasteiger partial charge in [-0.15, -0.1) is 0 Å². The number of aryl methyl sites for hydroxylation is 2. The Labute approximate surface area is 164 Å². The maximum Gasteiger partial charge on any atom is 0.291 e. The van der Waals surface area contributed by atoms with E-state index < -0.39 is 15.7 Å². The highest BCUT2D eigenvalue weighted by Gasteiger charge is 2.14. The summed E-state index contributed by atoms with van der Waals surface area (Å²) in [6, 6.07) is 15.2. The van der Waals surface area contributed by atoms with Crippen molar-refractivity contribution in [2.75, 3.05) is 11.6 Å². The Morgan fingerprint density at radius 2 is 1.86 bits per heavy atom. The Hall–Kier alpha value is -3.06. The van der Waals surface area contributed by atoms with Crippen molar-refractivity contribution in [2.45, 2.75) is 25.3 Å². The Morgan fingerprint density at radius 1 is 1.07 bits per heavy atom. The minimum Gasteiger partial charge on any atom is -0.485 e. The number of sulfone groups is 1. The molecule has 0 bridgehead atoms. The lowest BCUT2D eigenvalue weighted by atomic mass is 10.1. The first-order chi connectivity index (χ1) is 13.2. The monoisotopic (exact) mass is 399 g/mol. The van der Waals surface area contributed by atoms with Crippen LogP contribution in [0, 0.1) is 13.8 Å². The van der Waals surface area contributed by atoms with Gasteiger partial charge in [0.1, 0.15) is 18.1 Å². The maximum absolute atomic E-state index is 12.4. The summed E-state index contributed by atoms with van der Waals surface area (Å²) in [5.74, 6) is 0.910. The van der Waals surface area contributed by atoms with Crippen LogP contribution >= 0.6 is 0 Å². The third-order valence-electron chi connectivity index (χ3n) is 4.11. The van der Waals surface area contributed by atoms with Gasteiger partial charge in [0.05, 0.1) is 4.90 Å². The van der Waals surface area contributed by atoms with Gasteiger partial charge in [-0.3, -0.25) is 4.79 Å². The van der Waals surface area contributed by atoms with Gasteiger partial charge in [-0.25, -0.2) is 8.42 Å². The van der Waals surface area contributed by atoms with Crippen molar-refractivity contribution in [1.82, 2.24) is 0 Å². The van der Waals surface area contributed by atoms with Gasteiger partial charge < -0.3 is 14.5 Å². The predicted octanol–water partition coefficient (Wildman–Crippen LogP) is 4.13. The second-order valence-electron chi connectivity index (χ2n) is 6.58. The Bertz CT molecular complexity index is 1120. The Balaban J connectivity index is 1.66. The minimum absolute atomic E-state index is 0.115. The van der Waals surface area contributed by atoms with Crippen LogP contribution in [-0.4, -0.2) is 20.6 Å². The number of carbonyl (C=O) groups excluding carboxylic acids is 1. The summed E-state index contributed by atoms with van der Waals surface area (Å²) >= 11 is 0. The van der Waals surface area contributed by atoms with Crippen molar-refractivity contribution in [1.29, 1.82) is 0 Å². The molecule has 146 valence electrons. The predicted molar refractivity (Wildman–Crippen MR) is 106 cm³/mol. The highest BCUT2D eigenvalue weighted by Crippen LogP contribution is 2.21. The average molecular weight is 399 g/mol. The topological polar surface area (TPSA) is 85.6 Å². The normalized spacial score (nSPS) is 11.2. The van der Waals surface area contributed by atoms with E-state index >= 15 is 0 Å². The van der Waals surface area contributed by atoms with Crippen molar-refractivity contribution in [3.8, 4) is 5.75 Å². The molecule has 1 N–H and O–H groups in total. The lowest BCUT2D eigenvalue weighted by molar-refractivity contribution is 0.0992. The molecular formula is C21H21NO5S. The number of anilines is 1. The van der Waals surface area contributed by atoms with Gasteiger partial charge in [-0.05, 0) is 55.8 Å². The molecule has 1 aromatic heterocycles. The van der Waals surface area contributed by atoms with E-state index in [1.165, 1.54) is 12.1 Å². The highest BCUT2D eigenvalue weighted by atomic mass is 32.2. The largest absolute Gasteiger partial charge is 0.485 e. The zero-order chi connectivity index (χ0) is 20.3. The lowest BCUT2D eigenvalue weighted by Crippen LogP contribution is -2.11. The van der Waals surface area contributed by atoms with Crippen LogP contribution in [0.1, 0.15) is 27.4 Å². The van der Waals surface area contributed by atoms with Crippen molar-refractivity contribution in [2.24, 2.45) is 0 Å². The van der Waals surface area contributed by atoms with Crippen molar-refractivity contribution in [3.63, 3.8) is 0 Å². The van der Waals surface area contributed by atoms with Crippen LogP contribution in [0.15, 0.2) is 63.9 Å². The molecule has 3 rings (SSSR count). The molecule has 2 aromatic carbocycles. The molecule has 0 fully saturated rings. The molecule has 6 nitrogen and oxygen atoms in total. The number of furan rings is 1. The summed E-state index contributed by atoms with van der Waals surface area (Å²) in [6.45, 7) is 4.18. The fourth-order valence-corrected chi connectivity index (χ4v) is 3.35. The number of carbonyl (C=O) groups is 1. The van der Waals surface area contributed by atoms with Crippen LogP contribution in [0.25, 0.3) is 0 Å². The molecule has 1 amide bonds. The second-order valence-corrected chi connectivity index (χ2v) is 8.59. The van der Waals surface area contributed by atoms with Gasteiger partial charge >= 0.3 is 0 Å². The number of nitrogens with one attached hydrogen (secondary N) is 1. The van der Waals surface area contributed by atoms with E-state index in [1.54, 1.807) is 24.3 Å². The maximum atomic E-state index is 12.4. The summed E-state index contributed by atoms with van der Waals surface area (Å²) in [7, 11) is -3.35. The molecule has 1 heterocycles. The van der Waals surface area contributed by atoms with Crippen molar-refractivity contribution >= 4 is 21.4 Å². The van der Waals surface area contributed by atoms with Crippen LogP contribution in [0.4, 0.5) is 5.69 Å². The first-order valence-electron chi connectivity index (χ1n) is 8.62. The number of benzene rings is 2. The molecule has 0 unspecified atom stereocenters. The molecule has 0 saturated heterocycles. The molecular weight excluding hydrogens is 378 g/mol. The third kappa shape index (κ3) is 4.80. The fraction of sp³-hybridized carbons (Fsp3) is 0.190. The molecule has 0 saturated carbocycles. The molecule has 3 aromatic rings. The summed E-state index contributed by atoms with van der Waals surface area (Å²) in [4.78, 5) is 12.5. The van der Waals surface area contributed by atoms with E-state index in [0.717, 1.165) is 23.1 Å². The van der Waals surface area contributed by atoms with Crippen molar-refractivity contribution < 1.29 is 22.4 Å². The van der Waals surface area contributed by atoms with Crippen LogP contribution in [-0.2, 0) is 16.4 Å². The quantitative estimate of drug-likeness (QED) is 0.674. The Kier molecular flexibility index (Phi) is 5.56. The molecule has 0 atom stereocenters. The first kappa shape index (κ1) is 19.7. The number of hydrogen-bond acceptors (Lipinski definition) is 5. The number of amides is 1. The molecule has 0 aliphatic rings. The van der Waals surface area contributed by atoms with Gasteiger partial charge in [0, 0.05) is 11.9 Å². The van der Waals surface area contributed by atoms with Gasteiger partial charge in [-0.2, -0.15) is 0 Å². The standard InChI is InChI=1S/C21H21NO5S/c1-14-7-9-19(15(2)11-14)26-13-17-8-10-20(27-17)21(23)22-16-5-4-6-18(12-16)28(3,24)25/h4-12H,13H2,1-3H3,(H,22,23). The SMILES string of the molecule is Cc1ccc(OCc2ccc(C(=O)Nc3cccc(S(C)(=O)=O)c3)o2)c(C)c1. The lowest BCUT2D eigenvalue weighted by Gasteiger charge is -2.08. The Morgan fingerprint density at radius 3 is 2.57 bits per heavy atom. The van der Waals surface area contributed by atoms with Gasteiger partial charge in [-0.1, -0.05) is 23.8 Å². The van der Waals surface area contributed by atoms with Crippen LogP contribution < -0.4 is 10.1 Å². The van der Waals surface area contributed by atoms with E-state index in [4.69, 9.17) is 9.15 Å². The fourth-order valence-electron chi connectivity index (χ4n) is 2.68. The second kappa shape index (κ2) is 7.90. The summed E-state index contributed by atoms with van der Waals surface area (Å²) in [5, 5.41) is 2.64. The molecule has 0 aliphatic carbocycles. The van der Waals surface area contributed by atoms with Gasteiger partial charge in [0.15, 0.2) is 15.6 Å². The van der Waals surface area contributed by atoms with Gasteiger partial charge in [0.2, 0.25) is 0 Å². The molecule has 0 aliphatic heterocycles. The van der Waals surface area contributed by atoms with Crippen LogP contribution in [0.5, 0.6) is 5.75 Å². The van der Waals surface area contributed by atoms with E-state index in [0.29, 0.717) is 11.4 Å². The van der Waals surface area contributed by atoms with Crippen LogP contribution in [0.2, 0.25) is 0 Å². The van der Waals surface area contributed by atoms with E-state index in [1.807, 2.05) is 32.0 Å². The minimum atomic E-state index is -3.35. The van der Waals surface area contributed by atoms with Crippen LogP contribution in [0.3, 0.4) is 0 Å². The number of hydrogen-bond donors (Lipinski definition) is 1.